The van der Waals surface area contributed by atoms with E-state index in [1.54, 1.807) is 36.3 Å². The van der Waals surface area contributed by atoms with Crippen molar-refractivity contribution in [3.63, 3.8) is 0 Å². The second kappa shape index (κ2) is 7.05. The Morgan fingerprint density at radius 2 is 2.04 bits per heavy atom. The Bertz CT molecular complexity index is 778. The molecule has 2 aromatic rings. The number of anilines is 2. The Morgan fingerprint density at radius 3 is 2.79 bits per heavy atom. The lowest BCUT2D eigenvalue weighted by Gasteiger charge is -2.17. The molecule has 1 heterocycles. The molecule has 0 spiro atoms. The number of nitrogens with zero attached hydrogens (tertiary/aromatic N) is 1. The minimum absolute atomic E-state index is 0.173. The highest BCUT2D eigenvalue weighted by molar-refractivity contribution is 9.10. The number of halogens is 1. The summed E-state index contributed by atoms with van der Waals surface area (Å²) in [6.07, 6.45) is 0.501. The average molecular weight is 389 g/mol. The molecule has 5 nitrogen and oxygen atoms in total. The monoisotopic (exact) mass is 388 g/mol. The molecule has 1 fully saturated rings. The average Bonchev–Trinajstić information content (AvgIpc) is 2.96. The van der Waals surface area contributed by atoms with E-state index in [-0.39, 0.29) is 11.8 Å². The van der Waals surface area contributed by atoms with Crippen LogP contribution in [0.3, 0.4) is 0 Å². The second-order valence-corrected chi connectivity index (χ2v) is 6.45. The number of carbonyl (C=O) groups is 2. The summed E-state index contributed by atoms with van der Waals surface area (Å²) in [5.74, 6) is -0.476. The standard InChI is InChI=1S/C18H17BrN2O3/c1-24-15-7-3-5-13(11-15)20-17(22)16-8-9-21(18(16)23)14-6-2-4-12(19)10-14/h2-7,10-11,16H,8-9H2,1H3,(H,20,22). The van der Waals surface area contributed by atoms with Crippen molar-refractivity contribution in [3.8, 4) is 5.75 Å². The first-order chi connectivity index (χ1) is 11.6. The predicted octanol–water partition coefficient (Wildman–Crippen LogP) is 3.45. The van der Waals surface area contributed by atoms with Crippen molar-refractivity contribution in [2.24, 2.45) is 5.92 Å². The highest BCUT2D eigenvalue weighted by atomic mass is 79.9. The largest absolute Gasteiger partial charge is 0.497 e. The summed E-state index contributed by atoms with van der Waals surface area (Å²) in [4.78, 5) is 26.7. The Balaban J connectivity index is 1.71. The van der Waals surface area contributed by atoms with Crippen LogP contribution in [0.15, 0.2) is 53.0 Å². The summed E-state index contributed by atoms with van der Waals surface area (Å²) in [6.45, 7) is 0.533. The first-order valence-corrected chi connectivity index (χ1v) is 8.39. The molecule has 0 radical (unpaired) electrons. The van der Waals surface area contributed by atoms with Crippen LogP contribution < -0.4 is 15.0 Å². The lowest BCUT2D eigenvalue weighted by Crippen LogP contribution is -2.33. The first kappa shape index (κ1) is 16.5. The zero-order valence-corrected chi connectivity index (χ0v) is 14.7. The Labute approximate surface area is 148 Å². The van der Waals surface area contributed by atoms with E-state index in [0.717, 1.165) is 10.2 Å². The van der Waals surface area contributed by atoms with Gasteiger partial charge >= 0.3 is 0 Å². The third-order valence-electron chi connectivity index (χ3n) is 3.98. The lowest BCUT2D eigenvalue weighted by atomic mass is 10.1. The molecule has 124 valence electrons. The SMILES string of the molecule is COc1cccc(NC(=O)C2CCN(c3cccc(Br)c3)C2=O)c1. The van der Waals surface area contributed by atoms with Crippen molar-refractivity contribution in [3.05, 3.63) is 53.0 Å². The summed E-state index contributed by atoms with van der Waals surface area (Å²) in [5.41, 5.74) is 1.42. The molecule has 0 bridgehead atoms. The number of methoxy groups -OCH3 is 1. The van der Waals surface area contributed by atoms with E-state index in [1.807, 2.05) is 24.3 Å². The molecule has 24 heavy (non-hydrogen) atoms. The van der Waals surface area contributed by atoms with Gasteiger partial charge in [0.2, 0.25) is 11.8 Å². The second-order valence-electron chi connectivity index (χ2n) is 5.53. The molecule has 0 saturated carbocycles. The molecule has 2 amide bonds. The molecular formula is C18H17BrN2O3. The van der Waals surface area contributed by atoms with Crippen LogP contribution in [-0.4, -0.2) is 25.5 Å². The zero-order valence-electron chi connectivity index (χ0n) is 13.2. The number of hydrogen-bond donors (Lipinski definition) is 1. The molecule has 1 unspecified atom stereocenters. The van der Waals surface area contributed by atoms with Gasteiger partial charge in [0.1, 0.15) is 11.7 Å². The van der Waals surface area contributed by atoms with Crippen LogP contribution in [0, 0.1) is 5.92 Å². The predicted molar refractivity (Wildman–Crippen MR) is 96.2 cm³/mol. The fourth-order valence-corrected chi connectivity index (χ4v) is 3.14. The quantitative estimate of drug-likeness (QED) is 0.815. The maximum atomic E-state index is 12.6. The summed E-state index contributed by atoms with van der Waals surface area (Å²) in [7, 11) is 1.57. The van der Waals surface area contributed by atoms with Crippen LogP contribution in [0.2, 0.25) is 0 Å². The Hall–Kier alpha value is -2.34. The fraction of sp³-hybridized carbons (Fsp3) is 0.222. The molecule has 1 atom stereocenters. The highest BCUT2D eigenvalue weighted by Crippen LogP contribution is 2.28. The summed E-state index contributed by atoms with van der Waals surface area (Å²) < 4.78 is 6.04. The van der Waals surface area contributed by atoms with Crippen LogP contribution in [0.5, 0.6) is 5.75 Å². The number of benzene rings is 2. The van der Waals surface area contributed by atoms with Crippen LogP contribution >= 0.6 is 15.9 Å². The Kier molecular flexibility index (Phi) is 4.85. The van der Waals surface area contributed by atoms with Crippen LogP contribution in [0.4, 0.5) is 11.4 Å². The van der Waals surface area contributed by atoms with Crippen molar-refractivity contribution in [2.75, 3.05) is 23.9 Å². The normalized spacial score (nSPS) is 17.0. The van der Waals surface area contributed by atoms with Gasteiger partial charge in [-0.15, -0.1) is 0 Å². The molecular weight excluding hydrogens is 372 g/mol. The first-order valence-electron chi connectivity index (χ1n) is 7.60. The maximum Gasteiger partial charge on any atom is 0.239 e. The lowest BCUT2D eigenvalue weighted by molar-refractivity contribution is -0.129. The van der Waals surface area contributed by atoms with Gasteiger partial charge in [-0.1, -0.05) is 28.1 Å². The van der Waals surface area contributed by atoms with Crippen molar-refractivity contribution in [2.45, 2.75) is 6.42 Å². The number of ether oxygens (including phenoxy) is 1. The molecule has 2 aromatic carbocycles. The number of nitrogens with one attached hydrogen (secondary N) is 1. The van der Waals surface area contributed by atoms with Gasteiger partial charge in [0, 0.05) is 28.5 Å². The van der Waals surface area contributed by atoms with Crippen LogP contribution in [0.1, 0.15) is 6.42 Å². The molecule has 0 aliphatic carbocycles. The summed E-state index contributed by atoms with van der Waals surface area (Å²) >= 11 is 3.40. The minimum atomic E-state index is -0.671. The third-order valence-corrected chi connectivity index (χ3v) is 4.47. The Morgan fingerprint density at radius 1 is 1.25 bits per heavy atom. The third kappa shape index (κ3) is 3.43. The van der Waals surface area contributed by atoms with E-state index in [2.05, 4.69) is 21.2 Å². The van der Waals surface area contributed by atoms with Gasteiger partial charge in [-0.05, 0) is 36.8 Å². The summed E-state index contributed by atoms with van der Waals surface area (Å²) in [6, 6.07) is 14.6. The summed E-state index contributed by atoms with van der Waals surface area (Å²) in [5, 5.41) is 2.80. The number of amides is 2. The van der Waals surface area contributed by atoms with Crippen molar-refractivity contribution < 1.29 is 14.3 Å². The van der Waals surface area contributed by atoms with Gasteiger partial charge in [-0.2, -0.15) is 0 Å². The van der Waals surface area contributed by atoms with Crippen molar-refractivity contribution >= 4 is 39.1 Å². The van der Waals surface area contributed by atoms with Crippen LogP contribution in [-0.2, 0) is 9.59 Å². The van der Waals surface area contributed by atoms with E-state index in [4.69, 9.17) is 4.74 Å². The van der Waals surface area contributed by atoms with Gasteiger partial charge in [0.15, 0.2) is 0 Å². The smallest absolute Gasteiger partial charge is 0.239 e. The van der Waals surface area contributed by atoms with E-state index in [0.29, 0.717) is 24.4 Å². The molecule has 3 rings (SSSR count). The van der Waals surface area contributed by atoms with Gasteiger partial charge in [0.25, 0.3) is 0 Å². The van der Waals surface area contributed by atoms with E-state index < -0.39 is 5.92 Å². The molecule has 0 aromatic heterocycles. The van der Waals surface area contributed by atoms with Gasteiger partial charge in [0.05, 0.1) is 7.11 Å². The zero-order chi connectivity index (χ0) is 17.1. The maximum absolute atomic E-state index is 12.6. The number of carbonyl (C=O) groups excluding carboxylic acids is 2. The van der Waals surface area contributed by atoms with Gasteiger partial charge < -0.3 is 15.0 Å². The molecule has 1 aliphatic heterocycles. The van der Waals surface area contributed by atoms with Crippen molar-refractivity contribution in [1.82, 2.24) is 0 Å². The van der Waals surface area contributed by atoms with Gasteiger partial charge in [-0.25, -0.2) is 0 Å². The molecule has 1 saturated heterocycles. The van der Waals surface area contributed by atoms with E-state index in [9.17, 15) is 9.59 Å². The van der Waals surface area contributed by atoms with Crippen LogP contribution in [0.25, 0.3) is 0 Å². The highest BCUT2D eigenvalue weighted by Gasteiger charge is 2.37. The van der Waals surface area contributed by atoms with E-state index >= 15 is 0 Å². The van der Waals surface area contributed by atoms with Crippen molar-refractivity contribution in [1.29, 1.82) is 0 Å². The molecule has 1 aliphatic rings. The molecule has 1 N–H and O–H groups in total. The van der Waals surface area contributed by atoms with Gasteiger partial charge in [-0.3, -0.25) is 9.59 Å². The topological polar surface area (TPSA) is 58.6 Å². The fourth-order valence-electron chi connectivity index (χ4n) is 2.75. The minimum Gasteiger partial charge on any atom is -0.497 e. The number of rotatable bonds is 4. The van der Waals surface area contributed by atoms with E-state index in [1.165, 1.54) is 0 Å². The number of hydrogen-bond acceptors (Lipinski definition) is 3. The molecule has 6 heteroatoms.